The van der Waals surface area contributed by atoms with Gasteiger partial charge in [0, 0.05) is 51.1 Å². The van der Waals surface area contributed by atoms with Gasteiger partial charge in [-0.15, -0.1) is 0 Å². The number of nitrogens with zero attached hydrogens (tertiary/aromatic N) is 1. The van der Waals surface area contributed by atoms with Crippen molar-refractivity contribution in [3.05, 3.63) is 103 Å². The van der Waals surface area contributed by atoms with E-state index in [2.05, 4.69) is 45.4 Å². The van der Waals surface area contributed by atoms with Crippen LogP contribution in [-0.4, -0.2) is 23.8 Å². The van der Waals surface area contributed by atoms with Gasteiger partial charge < -0.3 is 20.1 Å². The van der Waals surface area contributed by atoms with Crippen LogP contribution in [0.1, 0.15) is 50.7 Å². The first-order valence-corrected chi connectivity index (χ1v) is 14.9. The number of carbonyl (C=O) groups excluding carboxylic acids is 2. The van der Waals surface area contributed by atoms with Crippen molar-refractivity contribution in [2.24, 2.45) is 5.41 Å². The standard InChI is InChI=1S/C32H30BrCl2N3O4/c1-17-27(31(40)38-26-11-9-20(33)15-36-26)28(29-22(37-17)13-32(2,3)14-23(29)39)18-8-10-24(41-4)19(12-18)16-42-25-7-5-6-21(34)30(25)35/h5-12,15,28,37H,13-14,16H2,1-4H3,(H,36,38,40)/t28-/m1/s1. The molecule has 2 N–H and O–H groups in total. The number of amides is 1. The van der Waals surface area contributed by atoms with Gasteiger partial charge >= 0.3 is 0 Å². The quantitative estimate of drug-likeness (QED) is 0.265. The minimum atomic E-state index is -0.611. The summed E-state index contributed by atoms with van der Waals surface area (Å²) in [6, 6.07) is 14.3. The van der Waals surface area contributed by atoms with Crippen molar-refractivity contribution in [1.29, 1.82) is 0 Å². The van der Waals surface area contributed by atoms with Crippen molar-refractivity contribution >= 4 is 56.6 Å². The van der Waals surface area contributed by atoms with Crippen molar-refractivity contribution in [2.75, 3.05) is 12.4 Å². The maximum absolute atomic E-state index is 13.9. The number of Topliss-reactive ketones (excluding diaryl/α,β-unsaturated/α-hetero) is 1. The molecule has 1 aliphatic heterocycles. The number of pyridine rings is 1. The zero-order valence-corrected chi connectivity index (χ0v) is 26.7. The fourth-order valence-corrected chi connectivity index (χ4v) is 6.13. The van der Waals surface area contributed by atoms with E-state index in [0.29, 0.717) is 57.0 Å². The lowest BCUT2D eigenvalue weighted by Gasteiger charge is -2.39. The average molecular weight is 671 g/mol. The molecule has 218 valence electrons. The average Bonchev–Trinajstić information content (AvgIpc) is 2.93. The van der Waals surface area contributed by atoms with Gasteiger partial charge in [-0.3, -0.25) is 9.59 Å². The van der Waals surface area contributed by atoms with Crippen molar-refractivity contribution in [3.8, 4) is 11.5 Å². The minimum absolute atomic E-state index is 0.0117. The van der Waals surface area contributed by atoms with Gasteiger partial charge in [0.25, 0.3) is 5.91 Å². The first-order valence-electron chi connectivity index (χ1n) is 13.4. The van der Waals surface area contributed by atoms with Crippen molar-refractivity contribution in [3.63, 3.8) is 0 Å². The van der Waals surface area contributed by atoms with Crippen LogP contribution in [0.15, 0.2) is 81.7 Å². The molecule has 1 amide bonds. The summed E-state index contributed by atoms with van der Waals surface area (Å²) >= 11 is 15.9. The first-order chi connectivity index (χ1) is 20.0. The van der Waals surface area contributed by atoms with Gasteiger partial charge in [0.2, 0.25) is 0 Å². The maximum atomic E-state index is 13.9. The van der Waals surface area contributed by atoms with Crippen LogP contribution in [0.25, 0.3) is 0 Å². The number of ether oxygens (including phenoxy) is 2. The van der Waals surface area contributed by atoms with Crippen molar-refractivity contribution < 1.29 is 19.1 Å². The number of anilines is 1. The molecule has 2 heterocycles. The van der Waals surface area contributed by atoms with Gasteiger partial charge in [-0.1, -0.05) is 49.2 Å². The fraction of sp³-hybridized carbons (Fsp3) is 0.281. The molecule has 7 nitrogen and oxygen atoms in total. The molecule has 1 aromatic heterocycles. The predicted molar refractivity (Wildman–Crippen MR) is 168 cm³/mol. The van der Waals surface area contributed by atoms with E-state index in [0.717, 1.165) is 21.3 Å². The highest BCUT2D eigenvalue weighted by atomic mass is 79.9. The number of ketones is 1. The van der Waals surface area contributed by atoms with Gasteiger partial charge in [0.05, 0.1) is 12.1 Å². The van der Waals surface area contributed by atoms with E-state index in [-0.39, 0.29) is 23.7 Å². The van der Waals surface area contributed by atoms with Crippen LogP contribution in [0, 0.1) is 5.41 Å². The number of dihydropyridines is 1. The smallest absolute Gasteiger partial charge is 0.255 e. The van der Waals surface area contributed by atoms with Gasteiger partial charge in [-0.05, 0) is 76.7 Å². The molecule has 0 unspecified atom stereocenters. The number of aromatic nitrogens is 1. The van der Waals surface area contributed by atoms with Crippen LogP contribution >= 0.6 is 39.1 Å². The number of halogens is 3. The largest absolute Gasteiger partial charge is 0.496 e. The van der Waals surface area contributed by atoms with Crippen LogP contribution in [0.5, 0.6) is 11.5 Å². The molecule has 42 heavy (non-hydrogen) atoms. The second kappa shape index (κ2) is 12.1. The molecular weight excluding hydrogens is 641 g/mol. The number of hydrogen-bond donors (Lipinski definition) is 2. The first kappa shape index (κ1) is 30.1. The highest BCUT2D eigenvalue weighted by molar-refractivity contribution is 9.10. The topological polar surface area (TPSA) is 89.5 Å². The molecule has 0 saturated heterocycles. The summed E-state index contributed by atoms with van der Waals surface area (Å²) in [5, 5.41) is 7.02. The Balaban J connectivity index is 1.57. The van der Waals surface area contributed by atoms with Crippen LogP contribution in [0.4, 0.5) is 5.82 Å². The molecular formula is C32H30BrCl2N3O4. The van der Waals surface area contributed by atoms with E-state index >= 15 is 0 Å². The molecule has 10 heteroatoms. The van der Waals surface area contributed by atoms with Crippen molar-refractivity contribution in [1.82, 2.24) is 10.3 Å². The van der Waals surface area contributed by atoms with E-state index in [9.17, 15) is 9.59 Å². The van der Waals surface area contributed by atoms with E-state index in [4.69, 9.17) is 32.7 Å². The number of rotatable bonds is 7. The Kier molecular flexibility index (Phi) is 8.69. The number of allylic oxidation sites excluding steroid dienone is 3. The van der Waals surface area contributed by atoms with Gasteiger partial charge in [-0.25, -0.2) is 4.98 Å². The summed E-state index contributed by atoms with van der Waals surface area (Å²) < 4.78 is 12.5. The van der Waals surface area contributed by atoms with Crippen LogP contribution in [0.3, 0.4) is 0 Å². The zero-order valence-electron chi connectivity index (χ0n) is 23.6. The van der Waals surface area contributed by atoms with Gasteiger partial charge in [-0.2, -0.15) is 0 Å². The number of benzene rings is 2. The Morgan fingerprint density at radius 2 is 1.93 bits per heavy atom. The normalized spacial score (nSPS) is 17.9. The summed E-state index contributed by atoms with van der Waals surface area (Å²) in [5.74, 6) is 0.494. The highest BCUT2D eigenvalue weighted by Gasteiger charge is 2.43. The summed E-state index contributed by atoms with van der Waals surface area (Å²) in [6.45, 7) is 6.15. The molecule has 0 bridgehead atoms. The predicted octanol–water partition coefficient (Wildman–Crippen LogP) is 7.98. The second-order valence-electron chi connectivity index (χ2n) is 11.2. The third-order valence-electron chi connectivity index (χ3n) is 7.39. The summed E-state index contributed by atoms with van der Waals surface area (Å²) in [7, 11) is 1.58. The third kappa shape index (κ3) is 6.21. The summed E-state index contributed by atoms with van der Waals surface area (Å²) in [5.41, 5.74) is 3.85. The van der Waals surface area contributed by atoms with Gasteiger partial charge in [0.15, 0.2) is 5.78 Å². The van der Waals surface area contributed by atoms with E-state index in [1.54, 1.807) is 43.6 Å². The van der Waals surface area contributed by atoms with E-state index in [1.807, 2.05) is 25.1 Å². The van der Waals surface area contributed by atoms with Gasteiger partial charge in [0.1, 0.15) is 28.9 Å². The van der Waals surface area contributed by atoms with Crippen LogP contribution in [0.2, 0.25) is 10.0 Å². The number of carbonyl (C=O) groups is 2. The molecule has 2 aliphatic rings. The molecule has 5 rings (SSSR count). The fourth-order valence-electron chi connectivity index (χ4n) is 5.55. The summed E-state index contributed by atoms with van der Waals surface area (Å²) in [6.07, 6.45) is 2.68. The molecule has 1 atom stereocenters. The molecule has 3 aromatic rings. The Bertz CT molecular complexity index is 1630. The SMILES string of the molecule is COc1ccc([C@@H]2C(C(=O)Nc3ccc(Br)cn3)=C(C)NC3=C2C(=O)CC(C)(C)C3)cc1COc1cccc(Cl)c1Cl. The number of methoxy groups -OCH3 is 1. The Morgan fingerprint density at radius 1 is 1.14 bits per heavy atom. The Labute approximate surface area is 263 Å². The van der Waals surface area contributed by atoms with Crippen LogP contribution in [-0.2, 0) is 16.2 Å². The lowest BCUT2D eigenvalue weighted by Crippen LogP contribution is -2.39. The molecule has 0 saturated carbocycles. The molecule has 1 aliphatic carbocycles. The van der Waals surface area contributed by atoms with E-state index < -0.39 is 5.92 Å². The second-order valence-corrected chi connectivity index (χ2v) is 12.9. The monoisotopic (exact) mass is 669 g/mol. The third-order valence-corrected chi connectivity index (χ3v) is 8.66. The number of nitrogens with one attached hydrogen (secondary N) is 2. The molecule has 0 spiro atoms. The minimum Gasteiger partial charge on any atom is -0.496 e. The molecule has 0 radical (unpaired) electrons. The lowest BCUT2D eigenvalue weighted by atomic mass is 9.68. The summed E-state index contributed by atoms with van der Waals surface area (Å²) in [4.78, 5) is 31.9. The molecule has 2 aromatic carbocycles. The maximum Gasteiger partial charge on any atom is 0.255 e. The lowest BCUT2D eigenvalue weighted by molar-refractivity contribution is -0.118. The van der Waals surface area contributed by atoms with E-state index in [1.165, 1.54) is 0 Å². The van der Waals surface area contributed by atoms with Crippen molar-refractivity contribution in [2.45, 2.75) is 46.1 Å². The zero-order chi connectivity index (χ0) is 30.2. The highest BCUT2D eigenvalue weighted by Crippen LogP contribution is 2.47. The number of hydrogen-bond acceptors (Lipinski definition) is 6. The Hall–Kier alpha value is -3.33. The molecule has 0 fully saturated rings. The Morgan fingerprint density at radius 3 is 2.64 bits per heavy atom. The van der Waals surface area contributed by atoms with Crippen LogP contribution < -0.4 is 20.1 Å².